The standard InChI is InChI=1S/C18H25N3O3/c22-18(20-14-5-6-16-17(9-14)24-12-23-16)19-10-13-7-8-21(11-13)15-3-1-2-4-15/h5-6,9,13,15H,1-4,7-8,10-12H2,(H2,19,20,22)/t13-/m0/s1. The molecule has 0 radical (unpaired) electrons. The number of nitrogens with one attached hydrogen (secondary N) is 2. The van der Waals surface area contributed by atoms with Gasteiger partial charge in [-0.05, 0) is 43.9 Å². The molecule has 1 saturated heterocycles. The Morgan fingerprint density at radius 3 is 2.88 bits per heavy atom. The van der Waals surface area contributed by atoms with Crippen LogP contribution in [-0.4, -0.2) is 43.4 Å². The van der Waals surface area contributed by atoms with Crippen LogP contribution in [0.5, 0.6) is 11.5 Å². The summed E-state index contributed by atoms with van der Waals surface area (Å²) in [6.07, 6.45) is 6.64. The molecule has 0 bridgehead atoms. The summed E-state index contributed by atoms with van der Waals surface area (Å²) in [7, 11) is 0. The van der Waals surface area contributed by atoms with E-state index in [-0.39, 0.29) is 12.8 Å². The molecule has 24 heavy (non-hydrogen) atoms. The van der Waals surface area contributed by atoms with Crippen LogP contribution in [0, 0.1) is 5.92 Å². The maximum atomic E-state index is 12.1. The molecular weight excluding hydrogens is 306 g/mol. The van der Waals surface area contributed by atoms with Crippen molar-refractivity contribution < 1.29 is 14.3 Å². The third kappa shape index (κ3) is 3.43. The Balaban J connectivity index is 1.22. The van der Waals surface area contributed by atoms with E-state index in [0.29, 0.717) is 11.7 Å². The summed E-state index contributed by atoms with van der Waals surface area (Å²) in [5, 5.41) is 5.87. The van der Waals surface area contributed by atoms with Crippen LogP contribution in [0.4, 0.5) is 10.5 Å². The lowest BCUT2D eigenvalue weighted by molar-refractivity contribution is 0.174. The molecule has 1 aromatic rings. The Morgan fingerprint density at radius 1 is 1.17 bits per heavy atom. The normalized spacial score (nSPS) is 23.6. The van der Waals surface area contributed by atoms with Gasteiger partial charge in [-0.3, -0.25) is 0 Å². The summed E-state index contributed by atoms with van der Waals surface area (Å²) in [5.41, 5.74) is 0.718. The molecule has 2 fully saturated rings. The van der Waals surface area contributed by atoms with E-state index in [2.05, 4.69) is 15.5 Å². The zero-order valence-corrected chi connectivity index (χ0v) is 13.9. The number of ether oxygens (including phenoxy) is 2. The summed E-state index contributed by atoms with van der Waals surface area (Å²) in [5.74, 6) is 1.96. The van der Waals surface area contributed by atoms with Crippen molar-refractivity contribution in [3.05, 3.63) is 18.2 Å². The lowest BCUT2D eigenvalue weighted by Gasteiger charge is -2.23. The number of hydrogen-bond acceptors (Lipinski definition) is 4. The minimum atomic E-state index is -0.159. The van der Waals surface area contributed by atoms with Crippen LogP contribution in [0.3, 0.4) is 0 Å². The predicted molar refractivity (Wildman–Crippen MR) is 91.5 cm³/mol. The fraction of sp³-hybridized carbons (Fsp3) is 0.611. The summed E-state index contributed by atoms with van der Waals surface area (Å²) >= 11 is 0. The molecule has 2 heterocycles. The topological polar surface area (TPSA) is 62.8 Å². The van der Waals surface area contributed by atoms with Crippen molar-refractivity contribution in [2.45, 2.75) is 38.1 Å². The van der Waals surface area contributed by atoms with Crippen molar-refractivity contribution in [2.75, 3.05) is 31.7 Å². The first-order valence-corrected chi connectivity index (χ1v) is 8.96. The number of nitrogens with zero attached hydrogens (tertiary/aromatic N) is 1. The van der Waals surface area contributed by atoms with Crippen LogP contribution < -0.4 is 20.1 Å². The van der Waals surface area contributed by atoms with Gasteiger partial charge in [-0.1, -0.05) is 12.8 Å². The van der Waals surface area contributed by atoms with E-state index in [1.54, 1.807) is 6.07 Å². The number of carbonyl (C=O) groups excluding carboxylic acids is 1. The van der Waals surface area contributed by atoms with E-state index in [4.69, 9.17) is 9.47 Å². The van der Waals surface area contributed by atoms with Gasteiger partial charge in [0.1, 0.15) is 0 Å². The molecule has 6 nitrogen and oxygen atoms in total. The highest BCUT2D eigenvalue weighted by atomic mass is 16.7. The van der Waals surface area contributed by atoms with Gasteiger partial charge in [0.2, 0.25) is 6.79 Å². The van der Waals surface area contributed by atoms with Gasteiger partial charge >= 0.3 is 6.03 Å². The Bertz CT molecular complexity index is 601. The molecular formula is C18H25N3O3. The van der Waals surface area contributed by atoms with E-state index < -0.39 is 0 Å². The van der Waals surface area contributed by atoms with Gasteiger partial charge in [-0.25, -0.2) is 4.79 Å². The van der Waals surface area contributed by atoms with Crippen molar-refractivity contribution in [2.24, 2.45) is 5.92 Å². The van der Waals surface area contributed by atoms with Crippen LogP contribution in [0.15, 0.2) is 18.2 Å². The highest BCUT2D eigenvalue weighted by molar-refractivity contribution is 5.89. The zero-order chi connectivity index (χ0) is 16.4. The van der Waals surface area contributed by atoms with Crippen molar-refractivity contribution in [3.8, 4) is 11.5 Å². The van der Waals surface area contributed by atoms with Gasteiger partial charge in [-0.2, -0.15) is 0 Å². The number of rotatable bonds is 4. The largest absolute Gasteiger partial charge is 0.454 e. The number of hydrogen-bond donors (Lipinski definition) is 2. The average molecular weight is 331 g/mol. The number of urea groups is 1. The van der Waals surface area contributed by atoms with Gasteiger partial charge in [0, 0.05) is 30.9 Å². The SMILES string of the molecule is O=C(NC[C@@H]1CCN(C2CCCC2)C1)Nc1ccc2c(c1)OCO2. The first-order chi connectivity index (χ1) is 11.8. The van der Waals surface area contributed by atoms with Gasteiger partial charge in [0.15, 0.2) is 11.5 Å². The molecule has 0 aromatic heterocycles. The highest BCUT2D eigenvalue weighted by Crippen LogP contribution is 2.34. The highest BCUT2D eigenvalue weighted by Gasteiger charge is 2.29. The molecule has 130 valence electrons. The van der Waals surface area contributed by atoms with E-state index in [9.17, 15) is 4.79 Å². The number of carbonyl (C=O) groups is 1. The minimum Gasteiger partial charge on any atom is -0.454 e. The fourth-order valence-electron chi connectivity index (χ4n) is 4.02. The van der Waals surface area contributed by atoms with Crippen molar-refractivity contribution in [3.63, 3.8) is 0 Å². The van der Waals surface area contributed by atoms with E-state index >= 15 is 0 Å². The third-order valence-electron chi connectivity index (χ3n) is 5.34. The Kier molecular flexibility index (Phi) is 4.47. The Morgan fingerprint density at radius 2 is 2.00 bits per heavy atom. The Hall–Kier alpha value is -1.95. The fourth-order valence-corrected chi connectivity index (χ4v) is 4.02. The van der Waals surface area contributed by atoms with Crippen molar-refractivity contribution in [1.29, 1.82) is 0 Å². The maximum Gasteiger partial charge on any atom is 0.319 e. The second-order valence-corrected chi connectivity index (χ2v) is 6.99. The van der Waals surface area contributed by atoms with E-state index in [1.807, 2.05) is 12.1 Å². The molecule has 4 rings (SSSR count). The van der Waals surface area contributed by atoms with Crippen LogP contribution in [0.25, 0.3) is 0 Å². The van der Waals surface area contributed by atoms with Gasteiger partial charge < -0.3 is 25.0 Å². The predicted octanol–water partition coefficient (Wildman–Crippen LogP) is 2.80. The third-order valence-corrected chi connectivity index (χ3v) is 5.34. The quantitative estimate of drug-likeness (QED) is 0.890. The number of likely N-dealkylation sites (tertiary alicyclic amines) is 1. The molecule has 1 aliphatic carbocycles. The lowest BCUT2D eigenvalue weighted by atomic mass is 10.1. The summed E-state index contributed by atoms with van der Waals surface area (Å²) in [6, 6.07) is 6.06. The van der Waals surface area contributed by atoms with E-state index in [1.165, 1.54) is 38.6 Å². The summed E-state index contributed by atoms with van der Waals surface area (Å²) in [6.45, 7) is 3.28. The molecule has 1 saturated carbocycles. The molecule has 6 heteroatoms. The first kappa shape index (κ1) is 15.6. The van der Waals surface area contributed by atoms with Crippen LogP contribution in [-0.2, 0) is 0 Å². The molecule has 1 atom stereocenters. The van der Waals surface area contributed by atoms with Crippen LogP contribution in [0.1, 0.15) is 32.1 Å². The molecule has 0 unspecified atom stereocenters. The number of benzene rings is 1. The maximum absolute atomic E-state index is 12.1. The van der Waals surface area contributed by atoms with Crippen molar-refractivity contribution in [1.82, 2.24) is 10.2 Å². The zero-order valence-electron chi connectivity index (χ0n) is 13.9. The number of amides is 2. The second-order valence-electron chi connectivity index (χ2n) is 6.99. The lowest BCUT2D eigenvalue weighted by Crippen LogP contribution is -2.35. The molecule has 0 spiro atoms. The minimum absolute atomic E-state index is 0.159. The van der Waals surface area contributed by atoms with Gasteiger partial charge in [0.25, 0.3) is 0 Å². The summed E-state index contributed by atoms with van der Waals surface area (Å²) in [4.78, 5) is 14.7. The van der Waals surface area contributed by atoms with Crippen LogP contribution >= 0.6 is 0 Å². The first-order valence-electron chi connectivity index (χ1n) is 8.96. The van der Waals surface area contributed by atoms with Crippen molar-refractivity contribution >= 4 is 11.7 Å². The smallest absolute Gasteiger partial charge is 0.319 e. The molecule has 2 N–H and O–H groups in total. The number of fused-ring (bicyclic) bond motifs is 1. The van der Waals surface area contributed by atoms with Gasteiger partial charge in [0.05, 0.1) is 0 Å². The summed E-state index contributed by atoms with van der Waals surface area (Å²) < 4.78 is 10.6. The molecule has 2 aliphatic heterocycles. The molecule has 2 amide bonds. The monoisotopic (exact) mass is 331 g/mol. The molecule has 1 aromatic carbocycles. The average Bonchev–Trinajstić information content (AvgIpc) is 3.32. The molecule has 3 aliphatic rings. The van der Waals surface area contributed by atoms with E-state index in [0.717, 1.165) is 30.6 Å². The van der Waals surface area contributed by atoms with Crippen LogP contribution in [0.2, 0.25) is 0 Å². The second kappa shape index (κ2) is 6.89. The number of anilines is 1. The van der Waals surface area contributed by atoms with Gasteiger partial charge in [-0.15, -0.1) is 0 Å². The Labute approximate surface area is 142 Å².